The average Bonchev–Trinajstić information content (AvgIpc) is 3.37. The Bertz CT molecular complexity index is 1430. The summed E-state index contributed by atoms with van der Waals surface area (Å²) in [5.74, 6) is 2.08. The molecule has 5 aromatic rings. The monoisotopic (exact) mass is 454 g/mol. The quantitative estimate of drug-likeness (QED) is 0.352. The van der Waals surface area contributed by atoms with Crippen LogP contribution in [0.4, 0.5) is 8.78 Å². The number of fused-ring (bicyclic) bond motifs is 2. The van der Waals surface area contributed by atoms with Crippen LogP contribution in [0.3, 0.4) is 0 Å². The van der Waals surface area contributed by atoms with Crippen molar-refractivity contribution in [3.05, 3.63) is 59.8 Å². The fourth-order valence-electron chi connectivity index (χ4n) is 3.41. The number of ether oxygens (including phenoxy) is 1. The van der Waals surface area contributed by atoms with Crippen LogP contribution >= 0.6 is 11.6 Å². The fraction of sp³-hybridized carbons (Fsp3) is 0.182. The minimum absolute atomic E-state index is 0.106. The van der Waals surface area contributed by atoms with Crippen LogP contribution in [0.5, 0.6) is 11.5 Å². The van der Waals surface area contributed by atoms with Crippen LogP contribution in [0.15, 0.2) is 48.8 Å². The third-order valence-corrected chi connectivity index (χ3v) is 5.15. The lowest BCUT2D eigenvalue weighted by Crippen LogP contribution is -2.02. The number of rotatable bonds is 6. The molecule has 162 valence electrons. The van der Waals surface area contributed by atoms with Gasteiger partial charge in [-0.15, -0.1) is 0 Å². The van der Waals surface area contributed by atoms with Crippen molar-refractivity contribution < 1.29 is 13.5 Å². The van der Waals surface area contributed by atoms with Gasteiger partial charge in [-0.2, -0.15) is 5.10 Å². The molecule has 3 aromatic heterocycles. The number of aromatic amines is 1. The zero-order valence-electron chi connectivity index (χ0n) is 16.9. The molecule has 0 aliphatic rings. The van der Waals surface area contributed by atoms with Gasteiger partial charge >= 0.3 is 0 Å². The molecule has 0 saturated heterocycles. The predicted molar refractivity (Wildman–Crippen MR) is 117 cm³/mol. The van der Waals surface area contributed by atoms with E-state index in [1.807, 2.05) is 25.1 Å². The number of alkyl halides is 2. The van der Waals surface area contributed by atoms with Gasteiger partial charge in [-0.05, 0) is 31.2 Å². The van der Waals surface area contributed by atoms with Crippen molar-refractivity contribution in [2.45, 2.75) is 26.3 Å². The summed E-state index contributed by atoms with van der Waals surface area (Å²) in [7, 11) is 0. The second kappa shape index (κ2) is 8.16. The Hall–Kier alpha value is -3.59. The van der Waals surface area contributed by atoms with Crippen LogP contribution in [0.1, 0.15) is 12.2 Å². The Morgan fingerprint density at radius 3 is 2.62 bits per heavy atom. The highest BCUT2D eigenvalue weighted by atomic mass is 35.5. The number of hydrogen-bond acceptors (Lipinski definition) is 5. The van der Waals surface area contributed by atoms with Crippen molar-refractivity contribution in [2.24, 2.45) is 0 Å². The highest BCUT2D eigenvalue weighted by Crippen LogP contribution is 2.30. The summed E-state index contributed by atoms with van der Waals surface area (Å²) in [5, 5.41) is 4.32. The molecule has 3 heterocycles. The van der Waals surface area contributed by atoms with Gasteiger partial charge in [0.2, 0.25) is 6.43 Å². The van der Waals surface area contributed by atoms with E-state index in [0.29, 0.717) is 33.8 Å². The number of H-pyrrole nitrogens is 1. The fourth-order valence-corrected chi connectivity index (χ4v) is 3.66. The second-order valence-corrected chi connectivity index (χ2v) is 7.65. The van der Waals surface area contributed by atoms with Crippen LogP contribution in [0.25, 0.3) is 33.3 Å². The number of halogens is 3. The normalized spacial score (nSPS) is 11.7. The maximum atomic E-state index is 12.5. The molecule has 0 amide bonds. The summed E-state index contributed by atoms with van der Waals surface area (Å²) in [6.07, 6.45) is 0.507. The summed E-state index contributed by atoms with van der Waals surface area (Å²) in [4.78, 5) is 16.6. The maximum Gasteiger partial charge on any atom is 0.240 e. The topological polar surface area (TPSA) is 81.5 Å². The van der Waals surface area contributed by atoms with Crippen LogP contribution in [-0.2, 0) is 6.54 Å². The van der Waals surface area contributed by atoms with E-state index in [2.05, 4.69) is 25.0 Å². The van der Waals surface area contributed by atoms with Gasteiger partial charge in [0.15, 0.2) is 5.15 Å². The number of nitrogens with one attached hydrogen (secondary N) is 1. The molecule has 1 N–H and O–H groups in total. The summed E-state index contributed by atoms with van der Waals surface area (Å²) in [5.41, 5.74) is 3.97. The molecule has 32 heavy (non-hydrogen) atoms. The predicted octanol–water partition coefficient (Wildman–Crippen LogP) is 5.78. The second-order valence-electron chi connectivity index (χ2n) is 7.29. The van der Waals surface area contributed by atoms with Gasteiger partial charge in [0, 0.05) is 36.9 Å². The molecule has 5 rings (SSSR count). The van der Waals surface area contributed by atoms with Crippen molar-refractivity contribution in [3.63, 3.8) is 0 Å². The number of imidazole rings is 1. The lowest BCUT2D eigenvalue weighted by atomic mass is 10.2. The van der Waals surface area contributed by atoms with E-state index in [1.54, 1.807) is 24.4 Å². The summed E-state index contributed by atoms with van der Waals surface area (Å²) >= 11 is 6.33. The van der Waals surface area contributed by atoms with Crippen LogP contribution in [-0.4, -0.2) is 36.1 Å². The van der Waals surface area contributed by atoms with Gasteiger partial charge in [0.25, 0.3) is 0 Å². The van der Waals surface area contributed by atoms with Crippen molar-refractivity contribution >= 4 is 33.7 Å². The van der Waals surface area contributed by atoms with Gasteiger partial charge in [0.1, 0.15) is 23.0 Å². The van der Waals surface area contributed by atoms with E-state index < -0.39 is 6.43 Å². The molecule has 0 bridgehead atoms. The largest absolute Gasteiger partial charge is 0.457 e. The number of hydrogen-bond donors (Lipinski definition) is 1. The molecule has 0 saturated carbocycles. The van der Waals surface area contributed by atoms with E-state index in [0.717, 1.165) is 16.9 Å². The number of benzene rings is 2. The molecule has 0 unspecified atom stereocenters. The molecule has 0 spiro atoms. The first-order valence-corrected chi connectivity index (χ1v) is 10.2. The molecule has 0 fully saturated rings. The molecular weight excluding hydrogens is 438 g/mol. The smallest absolute Gasteiger partial charge is 0.240 e. The van der Waals surface area contributed by atoms with E-state index in [1.165, 1.54) is 10.9 Å². The third kappa shape index (κ3) is 4.11. The Morgan fingerprint density at radius 1 is 1.03 bits per heavy atom. The third-order valence-electron chi connectivity index (χ3n) is 4.88. The molecule has 0 radical (unpaired) electrons. The van der Waals surface area contributed by atoms with Gasteiger partial charge in [-0.1, -0.05) is 11.6 Å². The van der Waals surface area contributed by atoms with Crippen molar-refractivity contribution in [1.29, 1.82) is 0 Å². The Kier molecular flexibility index (Phi) is 5.18. The van der Waals surface area contributed by atoms with Crippen LogP contribution in [0, 0.1) is 6.92 Å². The number of nitrogens with zero attached hydrogens (tertiary/aromatic N) is 5. The Morgan fingerprint density at radius 2 is 1.81 bits per heavy atom. The highest BCUT2D eigenvalue weighted by molar-refractivity contribution is 6.32. The van der Waals surface area contributed by atoms with Crippen molar-refractivity contribution in [2.75, 3.05) is 0 Å². The Labute approximate surface area is 186 Å². The molecule has 10 heteroatoms. The average molecular weight is 455 g/mol. The summed E-state index contributed by atoms with van der Waals surface area (Å²) < 4.78 is 32.4. The van der Waals surface area contributed by atoms with E-state index in [9.17, 15) is 8.78 Å². The number of aryl methyl sites for hydroxylation is 2. The minimum Gasteiger partial charge on any atom is -0.457 e. The SMILES string of the molecule is Cc1nc2ccc(Oc3ccc4nc(Cl)c(-c5cnn(CCC(F)F)c5)nc4c3)cc2[nH]1. The molecule has 7 nitrogen and oxygen atoms in total. The first-order valence-electron chi connectivity index (χ1n) is 9.87. The Balaban J connectivity index is 1.44. The zero-order chi connectivity index (χ0) is 22.2. The van der Waals surface area contributed by atoms with E-state index in [-0.39, 0.29) is 18.1 Å². The lowest BCUT2D eigenvalue weighted by molar-refractivity contribution is 0.130. The molecule has 0 aliphatic heterocycles. The molecular formula is C22H17ClF2N6O. The summed E-state index contributed by atoms with van der Waals surface area (Å²) in [6.45, 7) is 2.00. The van der Waals surface area contributed by atoms with Crippen molar-refractivity contribution in [1.82, 2.24) is 29.7 Å². The van der Waals surface area contributed by atoms with Crippen molar-refractivity contribution in [3.8, 4) is 22.8 Å². The lowest BCUT2D eigenvalue weighted by Gasteiger charge is -2.08. The van der Waals surface area contributed by atoms with E-state index in [4.69, 9.17) is 16.3 Å². The first-order chi connectivity index (χ1) is 15.4. The van der Waals surface area contributed by atoms with Gasteiger partial charge in [-0.25, -0.2) is 23.7 Å². The minimum atomic E-state index is -2.39. The zero-order valence-corrected chi connectivity index (χ0v) is 17.6. The van der Waals surface area contributed by atoms with Crippen LogP contribution in [0.2, 0.25) is 5.15 Å². The molecule has 0 atom stereocenters. The van der Waals surface area contributed by atoms with Gasteiger partial charge in [-0.3, -0.25) is 4.68 Å². The molecule has 2 aromatic carbocycles. The number of aromatic nitrogens is 6. The highest BCUT2D eigenvalue weighted by Gasteiger charge is 2.13. The standard InChI is InChI=1S/C22H17ClF2N6O/c1-12-27-16-4-2-14(8-18(16)28-12)32-15-3-5-17-19(9-15)29-21(22(23)30-17)13-10-26-31(11-13)7-6-20(24)25/h2-5,8-11,20H,6-7H2,1H3,(H,27,28). The van der Waals surface area contributed by atoms with Gasteiger partial charge < -0.3 is 9.72 Å². The summed E-state index contributed by atoms with van der Waals surface area (Å²) in [6, 6.07) is 11.0. The van der Waals surface area contributed by atoms with Gasteiger partial charge in [0.05, 0.1) is 28.3 Å². The first kappa shape index (κ1) is 20.3. The maximum absolute atomic E-state index is 12.5. The van der Waals surface area contributed by atoms with Crippen LogP contribution < -0.4 is 4.74 Å². The molecule has 0 aliphatic carbocycles. The van der Waals surface area contributed by atoms with E-state index >= 15 is 0 Å².